The summed E-state index contributed by atoms with van der Waals surface area (Å²) in [6, 6.07) is 10.8. The van der Waals surface area contributed by atoms with Gasteiger partial charge in [-0.1, -0.05) is 18.2 Å². The molecule has 0 unspecified atom stereocenters. The third-order valence-electron chi connectivity index (χ3n) is 4.79. The molecule has 0 spiro atoms. The minimum atomic E-state index is -3.93. The van der Waals surface area contributed by atoms with Crippen molar-refractivity contribution < 1.29 is 26.4 Å². The molecule has 1 aliphatic heterocycles. The van der Waals surface area contributed by atoms with Crippen LogP contribution >= 0.6 is 0 Å². The Kier molecular flexibility index (Phi) is 6.46. The van der Waals surface area contributed by atoms with Crippen LogP contribution < -0.4 is 15.8 Å². The van der Waals surface area contributed by atoms with Gasteiger partial charge in [-0.2, -0.15) is 4.31 Å². The fourth-order valence-electron chi connectivity index (χ4n) is 3.08. The zero-order valence-electron chi connectivity index (χ0n) is 16.6. The van der Waals surface area contributed by atoms with Crippen LogP contribution in [-0.4, -0.2) is 52.6 Å². The molecule has 10 nitrogen and oxygen atoms in total. The molecule has 2 aromatic rings. The number of carbonyl (C=O) groups excluding carboxylic acids is 2. The number of benzene rings is 2. The van der Waals surface area contributed by atoms with Gasteiger partial charge in [0.1, 0.15) is 0 Å². The van der Waals surface area contributed by atoms with Crippen LogP contribution in [-0.2, 0) is 24.8 Å². The van der Waals surface area contributed by atoms with E-state index in [1.165, 1.54) is 48.5 Å². The molecule has 1 fully saturated rings. The molecular formula is C19H22N4O6S2. The van der Waals surface area contributed by atoms with E-state index in [1.807, 2.05) is 0 Å². The van der Waals surface area contributed by atoms with Crippen LogP contribution in [0.3, 0.4) is 0 Å². The average Bonchev–Trinajstić information content (AvgIpc) is 2.73. The Balaban J connectivity index is 1.76. The van der Waals surface area contributed by atoms with E-state index in [0.717, 1.165) is 4.31 Å². The van der Waals surface area contributed by atoms with Crippen LogP contribution in [0.2, 0.25) is 0 Å². The largest absolute Gasteiger partial charge is 0.354 e. The van der Waals surface area contributed by atoms with Gasteiger partial charge in [-0.15, -0.1) is 0 Å². The smallest absolute Gasteiger partial charge is 0.251 e. The summed E-state index contributed by atoms with van der Waals surface area (Å²) in [6.07, 6.45) is 0. The molecule has 1 atom stereocenters. The predicted molar refractivity (Wildman–Crippen MR) is 112 cm³/mol. The van der Waals surface area contributed by atoms with Gasteiger partial charge in [0.2, 0.25) is 26.0 Å². The number of piperazine rings is 1. The molecule has 0 aliphatic carbocycles. The van der Waals surface area contributed by atoms with Crippen LogP contribution in [0.5, 0.6) is 0 Å². The first-order valence-electron chi connectivity index (χ1n) is 9.29. The molecule has 0 radical (unpaired) electrons. The number of amides is 2. The van der Waals surface area contributed by atoms with E-state index >= 15 is 0 Å². The van der Waals surface area contributed by atoms with Gasteiger partial charge in [0.25, 0.3) is 5.91 Å². The Labute approximate surface area is 180 Å². The Morgan fingerprint density at radius 3 is 2.39 bits per heavy atom. The maximum atomic E-state index is 12.8. The lowest BCUT2D eigenvalue weighted by atomic mass is 10.1. The second-order valence-electron chi connectivity index (χ2n) is 7.03. The second-order valence-corrected chi connectivity index (χ2v) is 10.5. The van der Waals surface area contributed by atoms with Crippen molar-refractivity contribution in [1.29, 1.82) is 0 Å². The SMILES string of the molecule is C[C@H](NC(=O)c1cccc(S(=O)(=O)N2CCNC(=O)C2)c1)c1ccc(S(N)(=O)=O)cc1. The number of sulfonamides is 2. The van der Waals surface area contributed by atoms with Crippen LogP contribution in [0.4, 0.5) is 0 Å². The Bertz CT molecular complexity index is 1210. The summed E-state index contributed by atoms with van der Waals surface area (Å²) in [5.74, 6) is -0.887. The van der Waals surface area contributed by atoms with Crippen molar-refractivity contribution in [3.63, 3.8) is 0 Å². The van der Waals surface area contributed by atoms with Gasteiger partial charge in [-0.25, -0.2) is 22.0 Å². The lowest BCUT2D eigenvalue weighted by Crippen LogP contribution is -2.49. The van der Waals surface area contributed by atoms with Crippen molar-refractivity contribution in [1.82, 2.24) is 14.9 Å². The molecule has 166 valence electrons. The van der Waals surface area contributed by atoms with E-state index < -0.39 is 32.0 Å². The second kappa shape index (κ2) is 8.75. The Morgan fingerprint density at radius 1 is 1.10 bits per heavy atom. The summed E-state index contributed by atoms with van der Waals surface area (Å²) in [7, 11) is -7.74. The van der Waals surface area contributed by atoms with Crippen molar-refractivity contribution in [2.75, 3.05) is 19.6 Å². The number of hydrogen-bond donors (Lipinski definition) is 3. The van der Waals surface area contributed by atoms with Gasteiger partial charge in [0.05, 0.1) is 22.4 Å². The summed E-state index contributed by atoms with van der Waals surface area (Å²) >= 11 is 0. The number of primary sulfonamides is 1. The van der Waals surface area contributed by atoms with Crippen molar-refractivity contribution in [3.8, 4) is 0 Å². The fourth-order valence-corrected chi connectivity index (χ4v) is 5.04. The Hall–Kier alpha value is -2.80. The van der Waals surface area contributed by atoms with Gasteiger partial charge in [0, 0.05) is 18.7 Å². The standard InChI is InChI=1S/C19H22N4O6S2/c1-13(14-5-7-16(8-6-14)30(20,26)27)22-19(25)15-3-2-4-17(11-15)31(28,29)23-10-9-21-18(24)12-23/h2-8,11,13H,9-10,12H2,1H3,(H,21,24)(H,22,25)(H2,20,26,27)/t13-/m0/s1. The maximum Gasteiger partial charge on any atom is 0.251 e. The molecule has 1 heterocycles. The van der Waals surface area contributed by atoms with Crippen LogP contribution in [0.25, 0.3) is 0 Å². The van der Waals surface area contributed by atoms with E-state index in [4.69, 9.17) is 5.14 Å². The average molecular weight is 467 g/mol. The number of rotatable bonds is 6. The van der Waals surface area contributed by atoms with Crippen molar-refractivity contribution in [3.05, 3.63) is 59.7 Å². The monoisotopic (exact) mass is 466 g/mol. The maximum absolute atomic E-state index is 12.8. The van der Waals surface area contributed by atoms with E-state index in [1.54, 1.807) is 6.92 Å². The molecule has 31 heavy (non-hydrogen) atoms. The highest BCUT2D eigenvalue weighted by Crippen LogP contribution is 2.20. The third kappa shape index (κ3) is 5.28. The highest BCUT2D eigenvalue weighted by molar-refractivity contribution is 7.89. The molecule has 1 saturated heterocycles. The van der Waals surface area contributed by atoms with Gasteiger partial charge in [0.15, 0.2) is 0 Å². The first kappa shape index (κ1) is 22.9. The van der Waals surface area contributed by atoms with E-state index in [-0.39, 0.29) is 40.9 Å². The molecule has 0 saturated carbocycles. The van der Waals surface area contributed by atoms with Crippen molar-refractivity contribution >= 4 is 31.9 Å². The molecule has 12 heteroatoms. The minimum Gasteiger partial charge on any atom is -0.354 e. The van der Waals surface area contributed by atoms with E-state index in [0.29, 0.717) is 5.56 Å². The number of nitrogens with one attached hydrogen (secondary N) is 2. The van der Waals surface area contributed by atoms with Gasteiger partial charge in [-0.3, -0.25) is 9.59 Å². The zero-order chi connectivity index (χ0) is 22.8. The predicted octanol–water partition coefficient (Wildman–Crippen LogP) is -0.0545. The van der Waals surface area contributed by atoms with E-state index in [9.17, 15) is 26.4 Å². The summed E-state index contributed by atoms with van der Waals surface area (Å²) in [5.41, 5.74) is 0.777. The van der Waals surface area contributed by atoms with Gasteiger partial charge in [-0.05, 0) is 42.8 Å². The van der Waals surface area contributed by atoms with Gasteiger partial charge >= 0.3 is 0 Å². The number of hydrogen-bond acceptors (Lipinski definition) is 6. The normalized spacial score (nSPS) is 16.4. The van der Waals surface area contributed by atoms with Crippen molar-refractivity contribution in [2.45, 2.75) is 22.8 Å². The highest BCUT2D eigenvalue weighted by Gasteiger charge is 2.29. The summed E-state index contributed by atoms with van der Waals surface area (Å²) in [4.78, 5) is 24.1. The van der Waals surface area contributed by atoms with E-state index in [2.05, 4.69) is 10.6 Å². The molecule has 0 aromatic heterocycles. The molecule has 0 bridgehead atoms. The molecule has 4 N–H and O–H groups in total. The summed E-state index contributed by atoms with van der Waals surface area (Å²) < 4.78 is 49.4. The quantitative estimate of drug-likeness (QED) is 0.542. The number of nitrogens with two attached hydrogens (primary N) is 1. The lowest BCUT2D eigenvalue weighted by Gasteiger charge is -2.26. The molecular weight excluding hydrogens is 444 g/mol. The van der Waals surface area contributed by atoms with Crippen molar-refractivity contribution in [2.24, 2.45) is 5.14 Å². The lowest BCUT2D eigenvalue weighted by molar-refractivity contribution is -0.122. The summed E-state index contributed by atoms with van der Waals surface area (Å²) in [6.45, 7) is 1.80. The van der Waals surface area contributed by atoms with Crippen LogP contribution in [0, 0.1) is 0 Å². The first-order chi connectivity index (χ1) is 14.5. The number of carbonyl (C=O) groups is 2. The van der Waals surface area contributed by atoms with Gasteiger partial charge < -0.3 is 10.6 Å². The fraction of sp³-hybridized carbons (Fsp3) is 0.263. The molecule has 3 rings (SSSR count). The molecule has 2 aromatic carbocycles. The Morgan fingerprint density at radius 2 is 1.77 bits per heavy atom. The first-order valence-corrected chi connectivity index (χ1v) is 12.3. The van der Waals surface area contributed by atoms with Crippen LogP contribution in [0.15, 0.2) is 58.3 Å². The molecule has 2 amide bonds. The third-order valence-corrected chi connectivity index (χ3v) is 7.56. The topological polar surface area (TPSA) is 156 Å². The molecule has 1 aliphatic rings. The van der Waals surface area contributed by atoms with Crippen LogP contribution in [0.1, 0.15) is 28.9 Å². The minimum absolute atomic E-state index is 0.0425. The summed E-state index contributed by atoms with van der Waals surface area (Å²) in [5, 5.41) is 10.4. The zero-order valence-corrected chi connectivity index (χ0v) is 18.2. The number of nitrogens with zero attached hydrogens (tertiary/aromatic N) is 1. The highest BCUT2D eigenvalue weighted by atomic mass is 32.2.